The number of carbonyl (C=O) groups is 1. The van der Waals surface area contributed by atoms with Crippen LogP contribution in [0.3, 0.4) is 0 Å². The van der Waals surface area contributed by atoms with Crippen LogP contribution in [0.5, 0.6) is 0 Å². The van der Waals surface area contributed by atoms with E-state index in [1.807, 2.05) is 18.2 Å². The molecule has 0 bridgehead atoms. The normalized spacial score (nSPS) is 21.8. The minimum atomic E-state index is 0.0156. The summed E-state index contributed by atoms with van der Waals surface area (Å²) in [5, 5.41) is 0. The highest BCUT2D eigenvalue weighted by atomic mass is 16.5. The Morgan fingerprint density at radius 2 is 2.58 bits per heavy atom. The van der Waals surface area contributed by atoms with E-state index >= 15 is 0 Å². The third-order valence-corrected chi connectivity index (χ3v) is 1.72. The third kappa shape index (κ3) is 2.53. The fraction of sp³-hybridized carbons (Fsp3) is 0.500. The van der Waals surface area contributed by atoms with Crippen molar-refractivity contribution in [3.05, 3.63) is 24.0 Å². The Bertz CT molecular complexity index is 204. The Balaban J connectivity index is 2.45. The van der Waals surface area contributed by atoms with E-state index in [0.29, 0.717) is 0 Å². The van der Waals surface area contributed by atoms with Gasteiger partial charge in [-0.3, -0.25) is 0 Å². The van der Waals surface area contributed by atoms with Crippen molar-refractivity contribution >= 4 is 6.29 Å². The highest BCUT2D eigenvalue weighted by molar-refractivity contribution is 5.58. The molecule has 0 aromatic carbocycles. The van der Waals surface area contributed by atoms with Crippen molar-refractivity contribution in [1.29, 1.82) is 0 Å². The molecule has 0 aliphatic heterocycles. The number of rotatable bonds is 4. The maximum Gasteiger partial charge on any atom is 0.127 e. The van der Waals surface area contributed by atoms with Crippen molar-refractivity contribution in [3.8, 4) is 0 Å². The van der Waals surface area contributed by atoms with E-state index in [1.54, 1.807) is 0 Å². The minimum Gasteiger partial charge on any atom is -0.494 e. The average molecular weight is 166 g/mol. The van der Waals surface area contributed by atoms with Gasteiger partial charge in [-0.15, -0.1) is 0 Å². The SMILES string of the molecule is CCCOC1=CC(C=O)CC=C1. The van der Waals surface area contributed by atoms with Crippen LogP contribution in [-0.2, 0) is 9.53 Å². The van der Waals surface area contributed by atoms with Gasteiger partial charge in [-0.2, -0.15) is 0 Å². The number of ether oxygens (including phenoxy) is 1. The molecule has 0 N–H and O–H groups in total. The number of allylic oxidation sites excluding steroid dienone is 3. The maximum absolute atomic E-state index is 10.4. The highest BCUT2D eigenvalue weighted by Gasteiger charge is 2.07. The zero-order valence-corrected chi connectivity index (χ0v) is 7.32. The van der Waals surface area contributed by atoms with Crippen LogP contribution in [-0.4, -0.2) is 12.9 Å². The van der Waals surface area contributed by atoms with Gasteiger partial charge in [0, 0.05) is 5.92 Å². The summed E-state index contributed by atoms with van der Waals surface area (Å²) in [6, 6.07) is 0. The van der Waals surface area contributed by atoms with Crippen LogP contribution >= 0.6 is 0 Å². The summed E-state index contributed by atoms with van der Waals surface area (Å²) in [7, 11) is 0. The third-order valence-electron chi connectivity index (χ3n) is 1.72. The number of carbonyl (C=O) groups excluding carboxylic acids is 1. The summed E-state index contributed by atoms with van der Waals surface area (Å²) in [6.45, 7) is 2.78. The second kappa shape index (κ2) is 4.75. The van der Waals surface area contributed by atoms with Crippen LogP contribution in [0.4, 0.5) is 0 Å². The van der Waals surface area contributed by atoms with E-state index in [2.05, 4.69) is 6.92 Å². The van der Waals surface area contributed by atoms with E-state index < -0.39 is 0 Å². The molecule has 1 atom stereocenters. The van der Waals surface area contributed by atoms with E-state index in [9.17, 15) is 4.79 Å². The quantitative estimate of drug-likeness (QED) is 0.597. The molecule has 2 nitrogen and oxygen atoms in total. The summed E-state index contributed by atoms with van der Waals surface area (Å²) in [6.07, 6.45) is 8.54. The predicted molar refractivity (Wildman–Crippen MR) is 47.6 cm³/mol. The predicted octanol–water partition coefficient (Wildman–Crippen LogP) is 2.07. The fourth-order valence-electron chi connectivity index (χ4n) is 1.09. The van der Waals surface area contributed by atoms with Gasteiger partial charge in [-0.05, 0) is 25.0 Å². The second-order valence-corrected chi connectivity index (χ2v) is 2.86. The van der Waals surface area contributed by atoms with Crippen LogP contribution in [0.25, 0.3) is 0 Å². The van der Waals surface area contributed by atoms with Crippen LogP contribution in [0, 0.1) is 5.92 Å². The fourth-order valence-corrected chi connectivity index (χ4v) is 1.09. The highest BCUT2D eigenvalue weighted by Crippen LogP contribution is 2.15. The molecule has 1 rings (SSSR count). The standard InChI is InChI=1S/C10H14O2/c1-2-6-12-10-5-3-4-9(7-10)8-11/h3,5,7-9H,2,4,6H2,1H3. The first-order valence-electron chi connectivity index (χ1n) is 4.33. The van der Waals surface area contributed by atoms with Gasteiger partial charge in [0.15, 0.2) is 0 Å². The molecule has 12 heavy (non-hydrogen) atoms. The Kier molecular flexibility index (Phi) is 3.58. The van der Waals surface area contributed by atoms with Crippen molar-refractivity contribution < 1.29 is 9.53 Å². The minimum absolute atomic E-state index is 0.0156. The number of aldehydes is 1. The molecule has 0 spiro atoms. The van der Waals surface area contributed by atoms with Crippen LogP contribution in [0.2, 0.25) is 0 Å². The van der Waals surface area contributed by atoms with Gasteiger partial charge in [0.25, 0.3) is 0 Å². The average Bonchev–Trinajstić information content (AvgIpc) is 2.15. The topological polar surface area (TPSA) is 26.3 Å². The Morgan fingerprint density at radius 1 is 1.75 bits per heavy atom. The summed E-state index contributed by atoms with van der Waals surface area (Å²) in [4.78, 5) is 10.4. The summed E-state index contributed by atoms with van der Waals surface area (Å²) >= 11 is 0. The van der Waals surface area contributed by atoms with Gasteiger partial charge in [0.2, 0.25) is 0 Å². The number of hydrogen-bond acceptors (Lipinski definition) is 2. The largest absolute Gasteiger partial charge is 0.494 e. The van der Waals surface area contributed by atoms with Crippen molar-refractivity contribution in [1.82, 2.24) is 0 Å². The van der Waals surface area contributed by atoms with Gasteiger partial charge in [0.1, 0.15) is 12.0 Å². The van der Waals surface area contributed by atoms with E-state index in [-0.39, 0.29) is 5.92 Å². The Hall–Kier alpha value is -1.05. The van der Waals surface area contributed by atoms with Gasteiger partial charge in [-0.1, -0.05) is 13.0 Å². The molecule has 0 aromatic rings. The molecule has 1 aliphatic carbocycles. The lowest BCUT2D eigenvalue weighted by molar-refractivity contribution is -0.109. The van der Waals surface area contributed by atoms with Gasteiger partial charge in [-0.25, -0.2) is 0 Å². The molecular formula is C10H14O2. The van der Waals surface area contributed by atoms with E-state index in [0.717, 1.165) is 31.5 Å². The summed E-state index contributed by atoms with van der Waals surface area (Å²) in [5.74, 6) is 0.849. The second-order valence-electron chi connectivity index (χ2n) is 2.86. The monoisotopic (exact) mass is 166 g/mol. The Labute approximate surface area is 72.9 Å². The molecule has 0 heterocycles. The smallest absolute Gasteiger partial charge is 0.127 e. The van der Waals surface area contributed by atoms with Crippen molar-refractivity contribution in [2.24, 2.45) is 5.92 Å². The molecule has 0 amide bonds. The molecule has 0 saturated carbocycles. The van der Waals surface area contributed by atoms with Crippen LogP contribution < -0.4 is 0 Å². The zero-order chi connectivity index (χ0) is 8.81. The van der Waals surface area contributed by atoms with Gasteiger partial charge < -0.3 is 9.53 Å². The van der Waals surface area contributed by atoms with Crippen LogP contribution in [0.1, 0.15) is 19.8 Å². The summed E-state index contributed by atoms with van der Waals surface area (Å²) < 4.78 is 5.38. The lowest BCUT2D eigenvalue weighted by Crippen LogP contribution is -2.03. The first-order valence-corrected chi connectivity index (χ1v) is 4.33. The molecule has 66 valence electrons. The Morgan fingerprint density at radius 3 is 3.25 bits per heavy atom. The van der Waals surface area contributed by atoms with Crippen LogP contribution in [0.15, 0.2) is 24.0 Å². The molecule has 1 aliphatic rings. The molecule has 0 radical (unpaired) electrons. The van der Waals surface area contributed by atoms with E-state index in [1.165, 1.54) is 0 Å². The molecule has 1 unspecified atom stereocenters. The van der Waals surface area contributed by atoms with Crippen molar-refractivity contribution in [2.45, 2.75) is 19.8 Å². The molecule has 0 saturated heterocycles. The van der Waals surface area contributed by atoms with Gasteiger partial charge >= 0.3 is 0 Å². The van der Waals surface area contributed by atoms with Crippen molar-refractivity contribution in [3.63, 3.8) is 0 Å². The molecular weight excluding hydrogens is 152 g/mol. The lowest BCUT2D eigenvalue weighted by Gasteiger charge is -2.11. The van der Waals surface area contributed by atoms with E-state index in [4.69, 9.17) is 4.74 Å². The molecule has 0 fully saturated rings. The lowest BCUT2D eigenvalue weighted by atomic mass is 10.0. The zero-order valence-electron chi connectivity index (χ0n) is 7.32. The molecule has 2 heteroatoms. The number of hydrogen-bond donors (Lipinski definition) is 0. The molecule has 0 aromatic heterocycles. The van der Waals surface area contributed by atoms with Gasteiger partial charge in [0.05, 0.1) is 6.61 Å². The summed E-state index contributed by atoms with van der Waals surface area (Å²) in [5.41, 5.74) is 0. The maximum atomic E-state index is 10.4. The first kappa shape index (κ1) is 9.04. The first-order chi connectivity index (χ1) is 5.86. The van der Waals surface area contributed by atoms with Crippen molar-refractivity contribution in [2.75, 3.05) is 6.61 Å².